The summed E-state index contributed by atoms with van der Waals surface area (Å²) in [5.74, 6) is -0.0940. The number of ketones is 1. The molecular formula is C22H26N2O4. The average Bonchev–Trinajstić information content (AvgIpc) is 2.67. The topological polar surface area (TPSA) is 84.5 Å². The first kappa shape index (κ1) is 21.2. The van der Waals surface area contributed by atoms with Gasteiger partial charge in [0, 0.05) is 17.2 Å². The fourth-order valence-corrected chi connectivity index (χ4v) is 2.70. The Kier molecular flexibility index (Phi) is 7.32. The minimum absolute atomic E-state index is 0.0195. The SMILES string of the molecule is CCC(C)NC(=O)c1ccccc1NC(=O)Cc1cc(C(C)=O)ccc1OC. The number of carbonyl (C=O) groups excluding carboxylic acids is 3. The van der Waals surface area contributed by atoms with E-state index in [2.05, 4.69) is 10.6 Å². The molecule has 0 saturated carbocycles. The van der Waals surface area contributed by atoms with Gasteiger partial charge in [-0.3, -0.25) is 14.4 Å². The molecule has 1 unspecified atom stereocenters. The molecule has 0 fully saturated rings. The zero-order chi connectivity index (χ0) is 20.7. The van der Waals surface area contributed by atoms with E-state index in [1.165, 1.54) is 14.0 Å². The van der Waals surface area contributed by atoms with Gasteiger partial charge in [-0.05, 0) is 50.6 Å². The van der Waals surface area contributed by atoms with Gasteiger partial charge in [0.05, 0.1) is 24.8 Å². The average molecular weight is 382 g/mol. The van der Waals surface area contributed by atoms with Crippen molar-refractivity contribution in [3.63, 3.8) is 0 Å². The van der Waals surface area contributed by atoms with Gasteiger partial charge in [-0.25, -0.2) is 0 Å². The van der Waals surface area contributed by atoms with Gasteiger partial charge >= 0.3 is 0 Å². The van der Waals surface area contributed by atoms with Gasteiger partial charge in [-0.2, -0.15) is 0 Å². The van der Waals surface area contributed by atoms with E-state index in [1.807, 2.05) is 13.8 Å². The molecule has 0 aromatic heterocycles. The first-order valence-electron chi connectivity index (χ1n) is 9.23. The molecule has 2 aromatic rings. The van der Waals surface area contributed by atoms with Gasteiger partial charge in [0.1, 0.15) is 5.75 Å². The van der Waals surface area contributed by atoms with Crippen molar-refractivity contribution in [1.29, 1.82) is 0 Å². The van der Waals surface area contributed by atoms with Crippen LogP contribution in [-0.2, 0) is 11.2 Å². The van der Waals surface area contributed by atoms with E-state index in [-0.39, 0.29) is 30.1 Å². The van der Waals surface area contributed by atoms with Crippen LogP contribution in [0.5, 0.6) is 5.75 Å². The van der Waals surface area contributed by atoms with Crippen LogP contribution in [0.1, 0.15) is 53.5 Å². The van der Waals surface area contributed by atoms with E-state index < -0.39 is 0 Å². The van der Waals surface area contributed by atoms with E-state index >= 15 is 0 Å². The second kappa shape index (κ2) is 9.69. The van der Waals surface area contributed by atoms with Gasteiger partial charge in [-0.1, -0.05) is 19.1 Å². The van der Waals surface area contributed by atoms with Crippen molar-refractivity contribution in [2.75, 3.05) is 12.4 Å². The van der Waals surface area contributed by atoms with Crippen molar-refractivity contribution in [2.24, 2.45) is 0 Å². The van der Waals surface area contributed by atoms with Gasteiger partial charge < -0.3 is 15.4 Å². The number of amides is 2. The molecule has 0 aliphatic rings. The zero-order valence-electron chi connectivity index (χ0n) is 16.7. The number of nitrogens with one attached hydrogen (secondary N) is 2. The molecule has 0 spiro atoms. The molecule has 0 radical (unpaired) electrons. The minimum atomic E-state index is -0.303. The van der Waals surface area contributed by atoms with Crippen LogP contribution in [-0.4, -0.2) is 30.7 Å². The van der Waals surface area contributed by atoms with Crippen molar-refractivity contribution in [3.8, 4) is 5.75 Å². The summed E-state index contributed by atoms with van der Waals surface area (Å²) < 4.78 is 5.29. The fraction of sp³-hybridized carbons (Fsp3) is 0.318. The summed E-state index contributed by atoms with van der Waals surface area (Å²) in [6.45, 7) is 5.38. The summed E-state index contributed by atoms with van der Waals surface area (Å²) in [5.41, 5.74) is 1.96. The van der Waals surface area contributed by atoms with Crippen LogP contribution in [0, 0.1) is 0 Å². The Morgan fingerprint density at radius 1 is 1.11 bits per heavy atom. The zero-order valence-corrected chi connectivity index (χ0v) is 16.7. The molecule has 2 N–H and O–H groups in total. The molecule has 2 aromatic carbocycles. The van der Waals surface area contributed by atoms with E-state index in [1.54, 1.807) is 42.5 Å². The van der Waals surface area contributed by atoms with Crippen LogP contribution in [0.15, 0.2) is 42.5 Å². The molecule has 1 atom stereocenters. The summed E-state index contributed by atoms with van der Waals surface area (Å²) >= 11 is 0. The number of Topliss-reactive ketones (excluding diaryl/α,β-unsaturated/α-hetero) is 1. The Balaban J connectivity index is 2.19. The van der Waals surface area contributed by atoms with E-state index in [4.69, 9.17) is 4.74 Å². The van der Waals surface area contributed by atoms with Crippen LogP contribution >= 0.6 is 0 Å². The Morgan fingerprint density at radius 2 is 1.82 bits per heavy atom. The van der Waals surface area contributed by atoms with Gasteiger partial charge in [-0.15, -0.1) is 0 Å². The molecule has 0 aliphatic heterocycles. The summed E-state index contributed by atoms with van der Waals surface area (Å²) in [6.07, 6.45) is 0.832. The van der Waals surface area contributed by atoms with E-state index in [9.17, 15) is 14.4 Å². The smallest absolute Gasteiger partial charge is 0.253 e. The number of hydrogen-bond acceptors (Lipinski definition) is 4. The highest BCUT2D eigenvalue weighted by molar-refractivity contribution is 6.04. The number of anilines is 1. The summed E-state index contributed by atoms with van der Waals surface area (Å²) in [7, 11) is 1.51. The van der Waals surface area contributed by atoms with Crippen molar-refractivity contribution in [3.05, 3.63) is 59.2 Å². The highest BCUT2D eigenvalue weighted by Gasteiger charge is 2.16. The summed E-state index contributed by atoms with van der Waals surface area (Å²) in [5, 5.41) is 5.69. The molecule has 6 nitrogen and oxygen atoms in total. The summed E-state index contributed by atoms with van der Waals surface area (Å²) in [4.78, 5) is 36.7. The van der Waals surface area contributed by atoms with Crippen LogP contribution in [0.4, 0.5) is 5.69 Å². The lowest BCUT2D eigenvalue weighted by molar-refractivity contribution is -0.115. The lowest BCUT2D eigenvalue weighted by Crippen LogP contribution is -2.32. The van der Waals surface area contributed by atoms with Gasteiger partial charge in [0.15, 0.2) is 5.78 Å². The molecule has 148 valence electrons. The maximum Gasteiger partial charge on any atom is 0.253 e. The largest absolute Gasteiger partial charge is 0.496 e. The number of rotatable bonds is 8. The third-order valence-corrected chi connectivity index (χ3v) is 4.47. The molecule has 0 aliphatic carbocycles. The molecule has 2 rings (SSSR count). The molecule has 0 saturated heterocycles. The van der Waals surface area contributed by atoms with Crippen LogP contribution in [0.25, 0.3) is 0 Å². The van der Waals surface area contributed by atoms with Crippen LogP contribution in [0.3, 0.4) is 0 Å². The Morgan fingerprint density at radius 3 is 2.46 bits per heavy atom. The predicted octanol–water partition coefficient (Wildman–Crippen LogP) is 3.61. The highest BCUT2D eigenvalue weighted by Crippen LogP contribution is 2.22. The van der Waals surface area contributed by atoms with Crippen molar-refractivity contribution in [2.45, 2.75) is 39.7 Å². The summed E-state index contributed by atoms with van der Waals surface area (Å²) in [6, 6.07) is 11.9. The molecule has 0 heterocycles. The van der Waals surface area contributed by atoms with Gasteiger partial charge in [0.25, 0.3) is 5.91 Å². The van der Waals surface area contributed by atoms with Crippen molar-refractivity contribution < 1.29 is 19.1 Å². The molecule has 28 heavy (non-hydrogen) atoms. The third-order valence-electron chi connectivity index (χ3n) is 4.47. The molecule has 6 heteroatoms. The lowest BCUT2D eigenvalue weighted by Gasteiger charge is -2.15. The second-order valence-corrected chi connectivity index (χ2v) is 6.64. The molecule has 2 amide bonds. The monoisotopic (exact) mass is 382 g/mol. The number of para-hydroxylation sites is 1. The quantitative estimate of drug-likeness (QED) is 0.683. The lowest BCUT2D eigenvalue weighted by atomic mass is 10.0. The fourth-order valence-electron chi connectivity index (χ4n) is 2.70. The number of hydrogen-bond donors (Lipinski definition) is 2. The third kappa shape index (κ3) is 5.42. The Labute approximate surface area is 165 Å². The predicted molar refractivity (Wildman–Crippen MR) is 109 cm³/mol. The number of carbonyl (C=O) groups is 3. The minimum Gasteiger partial charge on any atom is -0.496 e. The maximum atomic E-state index is 12.6. The Hall–Kier alpha value is -3.15. The Bertz CT molecular complexity index is 877. The van der Waals surface area contributed by atoms with E-state index in [0.717, 1.165) is 6.42 Å². The normalized spacial score (nSPS) is 11.4. The number of benzene rings is 2. The maximum absolute atomic E-state index is 12.6. The number of ether oxygens (including phenoxy) is 1. The van der Waals surface area contributed by atoms with Crippen LogP contribution in [0.2, 0.25) is 0 Å². The second-order valence-electron chi connectivity index (χ2n) is 6.64. The highest BCUT2D eigenvalue weighted by atomic mass is 16.5. The first-order chi connectivity index (χ1) is 13.3. The van der Waals surface area contributed by atoms with Crippen molar-refractivity contribution in [1.82, 2.24) is 5.32 Å². The molecular weight excluding hydrogens is 356 g/mol. The van der Waals surface area contributed by atoms with Crippen molar-refractivity contribution >= 4 is 23.3 Å². The van der Waals surface area contributed by atoms with Gasteiger partial charge in [0.2, 0.25) is 5.91 Å². The number of methoxy groups -OCH3 is 1. The van der Waals surface area contributed by atoms with Crippen LogP contribution < -0.4 is 15.4 Å². The molecule has 0 bridgehead atoms. The first-order valence-corrected chi connectivity index (χ1v) is 9.23. The van der Waals surface area contributed by atoms with E-state index in [0.29, 0.717) is 28.1 Å². The standard InChI is InChI=1S/C22H26N2O4/c1-5-14(2)23-22(27)18-8-6-7-9-19(18)24-21(26)13-17-12-16(15(3)25)10-11-20(17)28-4/h6-12,14H,5,13H2,1-4H3,(H,23,27)(H,24,26).